The average molecular weight is 488 g/mol. The van der Waals surface area contributed by atoms with E-state index in [1.807, 2.05) is 62.4 Å². The van der Waals surface area contributed by atoms with Crippen LogP contribution in [0.3, 0.4) is 0 Å². The van der Waals surface area contributed by atoms with E-state index in [0.29, 0.717) is 19.6 Å². The summed E-state index contributed by atoms with van der Waals surface area (Å²) in [5.74, 6) is 0.495. The lowest BCUT2D eigenvalue weighted by atomic mass is 9.94. The van der Waals surface area contributed by atoms with E-state index >= 15 is 0 Å². The number of amides is 1. The fourth-order valence-corrected chi connectivity index (χ4v) is 5.04. The molecule has 0 aromatic heterocycles. The Morgan fingerprint density at radius 3 is 2.11 bits per heavy atom. The van der Waals surface area contributed by atoms with Crippen molar-refractivity contribution in [3.8, 4) is 16.9 Å². The molecule has 3 N–H and O–H groups in total. The summed E-state index contributed by atoms with van der Waals surface area (Å²) in [4.78, 5) is 16.8. The molecule has 1 aliphatic rings. The largest absolute Gasteiger partial charge is 0.493 e. The van der Waals surface area contributed by atoms with Gasteiger partial charge in [-0.25, -0.2) is 0 Å². The van der Waals surface area contributed by atoms with Gasteiger partial charge in [0.05, 0.1) is 12.7 Å². The maximum Gasteiger partial charge on any atom is 0.239 e. The number of piperazine rings is 1. The minimum atomic E-state index is -0.467. The molecule has 0 bridgehead atoms. The van der Waals surface area contributed by atoms with Crippen LogP contribution in [-0.4, -0.2) is 66.2 Å². The molecule has 2 unspecified atom stereocenters. The van der Waals surface area contributed by atoms with Crippen molar-refractivity contribution in [1.29, 1.82) is 0 Å². The molecule has 1 amide bonds. The minimum Gasteiger partial charge on any atom is -0.493 e. The molecule has 1 heterocycles. The van der Waals surface area contributed by atoms with Gasteiger partial charge in [0.1, 0.15) is 11.8 Å². The molecular weight excluding hydrogens is 450 g/mol. The summed E-state index contributed by atoms with van der Waals surface area (Å²) in [5, 5.41) is 10.6. The standard InChI is InChI=1S/C30H37N3O3/c1-22-7-6-8-23(2)28(22)29(30(31)35)33-18-16-32(17-19-33)21-26(34)15-20-36-27-13-11-25(12-14-27)24-9-4-3-5-10-24/h3-14,26,29,34H,15-21H2,1-2H3,(H2,31,35). The Morgan fingerprint density at radius 2 is 1.50 bits per heavy atom. The molecule has 4 rings (SSSR count). The van der Waals surface area contributed by atoms with Gasteiger partial charge in [0.2, 0.25) is 5.91 Å². The number of carbonyl (C=O) groups is 1. The lowest BCUT2D eigenvalue weighted by molar-refractivity contribution is -0.124. The monoisotopic (exact) mass is 487 g/mol. The smallest absolute Gasteiger partial charge is 0.239 e. The van der Waals surface area contributed by atoms with E-state index in [1.54, 1.807) is 0 Å². The minimum absolute atomic E-state index is 0.310. The van der Waals surface area contributed by atoms with E-state index < -0.39 is 12.1 Å². The molecule has 0 radical (unpaired) electrons. The normalized spacial score (nSPS) is 16.4. The second-order valence-electron chi connectivity index (χ2n) is 9.63. The van der Waals surface area contributed by atoms with Gasteiger partial charge < -0.3 is 15.6 Å². The summed E-state index contributed by atoms with van der Waals surface area (Å²) in [7, 11) is 0. The predicted molar refractivity (Wildman–Crippen MR) is 144 cm³/mol. The molecule has 0 saturated carbocycles. The van der Waals surface area contributed by atoms with Gasteiger partial charge in [-0.3, -0.25) is 14.6 Å². The fourth-order valence-electron chi connectivity index (χ4n) is 5.04. The van der Waals surface area contributed by atoms with Crippen molar-refractivity contribution in [1.82, 2.24) is 9.80 Å². The topological polar surface area (TPSA) is 79.0 Å². The number of hydrogen-bond acceptors (Lipinski definition) is 5. The molecule has 6 heteroatoms. The zero-order valence-corrected chi connectivity index (χ0v) is 21.3. The molecule has 190 valence electrons. The van der Waals surface area contributed by atoms with Crippen molar-refractivity contribution in [2.75, 3.05) is 39.3 Å². The van der Waals surface area contributed by atoms with Crippen LogP contribution in [0.2, 0.25) is 0 Å². The highest BCUT2D eigenvalue weighted by molar-refractivity contribution is 5.82. The third-order valence-corrected chi connectivity index (χ3v) is 7.01. The number of β-amino-alcohol motifs (C(OH)–C–C–N with tert-alkyl or cyclic N) is 1. The number of hydrogen-bond donors (Lipinski definition) is 2. The molecule has 1 aliphatic heterocycles. The van der Waals surface area contributed by atoms with E-state index in [1.165, 1.54) is 5.56 Å². The fraction of sp³-hybridized carbons (Fsp3) is 0.367. The van der Waals surface area contributed by atoms with Crippen LogP contribution < -0.4 is 10.5 Å². The number of nitrogens with zero attached hydrogens (tertiary/aromatic N) is 2. The summed E-state index contributed by atoms with van der Waals surface area (Å²) >= 11 is 0. The van der Waals surface area contributed by atoms with Crippen LogP contribution in [0.4, 0.5) is 0 Å². The molecule has 1 saturated heterocycles. The Balaban J connectivity index is 1.22. The quantitative estimate of drug-likeness (QED) is 0.453. The summed E-state index contributed by atoms with van der Waals surface area (Å²) < 4.78 is 5.86. The highest BCUT2D eigenvalue weighted by Gasteiger charge is 2.31. The van der Waals surface area contributed by atoms with Gasteiger partial charge in [0, 0.05) is 39.1 Å². The van der Waals surface area contributed by atoms with Crippen LogP contribution in [0, 0.1) is 13.8 Å². The lowest BCUT2D eigenvalue weighted by Gasteiger charge is -2.39. The zero-order valence-electron chi connectivity index (χ0n) is 21.3. The number of primary amides is 1. The number of benzene rings is 3. The Bertz CT molecular complexity index is 1110. The third-order valence-electron chi connectivity index (χ3n) is 7.01. The second-order valence-corrected chi connectivity index (χ2v) is 9.63. The first kappa shape index (κ1) is 25.9. The zero-order chi connectivity index (χ0) is 25.5. The van der Waals surface area contributed by atoms with E-state index in [2.05, 4.69) is 34.1 Å². The SMILES string of the molecule is Cc1cccc(C)c1C(C(N)=O)N1CCN(CC(O)CCOc2ccc(-c3ccccc3)cc2)CC1. The maximum absolute atomic E-state index is 12.4. The van der Waals surface area contributed by atoms with Crippen molar-refractivity contribution in [2.45, 2.75) is 32.4 Å². The number of rotatable bonds is 10. The van der Waals surface area contributed by atoms with Crippen LogP contribution in [0.25, 0.3) is 11.1 Å². The summed E-state index contributed by atoms with van der Waals surface area (Å²) in [5.41, 5.74) is 11.4. The number of aliphatic hydroxyl groups is 1. The van der Waals surface area contributed by atoms with Crippen molar-refractivity contribution in [3.05, 3.63) is 89.5 Å². The molecule has 6 nitrogen and oxygen atoms in total. The van der Waals surface area contributed by atoms with Crippen LogP contribution in [0.1, 0.15) is 29.2 Å². The van der Waals surface area contributed by atoms with Gasteiger partial charge in [-0.1, -0.05) is 60.7 Å². The van der Waals surface area contributed by atoms with Gasteiger partial charge in [-0.15, -0.1) is 0 Å². The number of aryl methyl sites for hydroxylation is 2. The van der Waals surface area contributed by atoms with Crippen molar-refractivity contribution >= 4 is 5.91 Å². The van der Waals surface area contributed by atoms with Crippen molar-refractivity contribution in [3.63, 3.8) is 0 Å². The van der Waals surface area contributed by atoms with E-state index in [-0.39, 0.29) is 5.91 Å². The number of ether oxygens (including phenoxy) is 1. The Hall–Kier alpha value is -3.19. The Morgan fingerprint density at radius 1 is 0.889 bits per heavy atom. The van der Waals surface area contributed by atoms with E-state index in [4.69, 9.17) is 10.5 Å². The molecular formula is C30H37N3O3. The Labute approximate surface area is 214 Å². The molecule has 36 heavy (non-hydrogen) atoms. The van der Waals surface area contributed by atoms with Gasteiger partial charge in [-0.05, 0) is 53.8 Å². The summed E-state index contributed by atoms with van der Waals surface area (Å²) in [6, 6.07) is 24.0. The van der Waals surface area contributed by atoms with Crippen molar-refractivity contribution < 1.29 is 14.6 Å². The summed E-state index contributed by atoms with van der Waals surface area (Å²) in [6.07, 6.45) is 0.0955. The summed E-state index contributed by atoms with van der Waals surface area (Å²) in [6.45, 7) is 8.16. The molecule has 3 aromatic rings. The van der Waals surface area contributed by atoms with Gasteiger partial charge >= 0.3 is 0 Å². The highest BCUT2D eigenvalue weighted by Crippen LogP contribution is 2.28. The third kappa shape index (κ3) is 6.52. The Kier molecular flexibility index (Phi) is 8.75. The van der Waals surface area contributed by atoms with E-state index in [9.17, 15) is 9.90 Å². The van der Waals surface area contributed by atoms with Gasteiger partial charge in [-0.2, -0.15) is 0 Å². The van der Waals surface area contributed by atoms with Crippen LogP contribution >= 0.6 is 0 Å². The van der Waals surface area contributed by atoms with Gasteiger partial charge in [0.25, 0.3) is 0 Å². The lowest BCUT2D eigenvalue weighted by Crippen LogP contribution is -2.52. The molecule has 3 aromatic carbocycles. The van der Waals surface area contributed by atoms with Crippen LogP contribution in [0.15, 0.2) is 72.8 Å². The van der Waals surface area contributed by atoms with Crippen LogP contribution in [0.5, 0.6) is 5.75 Å². The van der Waals surface area contributed by atoms with Crippen molar-refractivity contribution in [2.24, 2.45) is 5.73 Å². The molecule has 2 atom stereocenters. The highest BCUT2D eigenvalue weighted by atomic mass is 16.5. The van der Waals surface area contributed by atoms with E-state index in [0.717, 1.165) is 54.2 Å². The first-order chi connectivity index (χ1) is 17.4. The van der Waals surface area contributed by atoms with Crippen LogP contribution in [-0.2, 0) is 4.79 Å². The molecule has 0 spiro atoms. The first-order valence-corrected chi connectivity index (χ1v) is 12.7. The number of nitrogens with two attached hydrogens (primary N) is 1. The van der Waals surface area contributed by atoms with Gasteiger partial charge in [0.15, 0.2) is 0 Å². The number of carbonyl (C=O) groups excluding carboxylic acids is 1. The predicted octanol–water partition coefficient (Wildman–Crippen LogP) is 3.94. The number of aliphatic hydroxyl groups excluding tert-OH is 1. The molecule has 0 aliphatic carbocycles. The maximum atomic E-state index is 12.4. The second kappa shape index (κ2) is 12.2. The first-order valence-electron chi connectivity index (χ1n) is 12.7. The average Bonchev–Trinajstić information content (AvgIpc) is 2.88. The molecule has 1 fully saturated rings.